The maximum absolute atomic E-state index is 13.1. The molecule has 0 radical (unpaired) electrons. The van der Waals surface area contributed by atoms with Gasteiger partial charge in [-0.2, -0.15) is 5.10 Å². The monoisotopic (exact) mass is 478 g/mol. The summed E-state index contributed by atoms with van der Waals surface area (Å²) in [5.41, 5.74) is 2.54. The molecule has 2 heterocycles. The summed E-state index contributed by atoms with van der Waals surface area (Å²) in [4.78, 5) is 14.9. The van der Waals surface area contributed by atoms with Crippen LogP contribution in [0.2, 0.25) is 0 Å². The average Bonchev–Trinajstić information content (AvgIpc) is 3.51. The Morgan fingerprint density at radius 3 is 2.57 bits per heavy atom. The minimum absolute atomic E-state index is 0.0396. The number of hydrogen-bond donors (Lipinski definition) is 1. The molecule has 1 aliphatic rings. The molecule has 2 amide bonds. The van der Waals surface area contributed by atoms with Crippen molar-refractivity contribution >= 4 is 6.03 Å². The molecule has 0 aliphatic carbocycles. The predicted molar refractivity (Wildman–Crippen MR) is 134 cm³/mol. The summed E-state index contributed by atoms with van der Waals surface area (Å²) in [5, 5.41) is 7.81. The molecule has 0 spiro atoms. The van der Waals surface area contributed by atoms with Crippen LogP contribution in [0, 0.1) is 6.92 Å². The fourth-order valence-corrected chi connectivity index (χ4v) is 4.11. The molecule has 1 aromatic heterocycles. The zero-order chi connectivity index (χ0) is 24.6. The van der Waals surface area contributed by atoms with Crippen LogP contribution in [0.15, 0.2) is 54.6 Å². The van der Waals surface area contributed by atoms with E-state index in [9.17, 15) is 4.79 Å². The summed E-state index contributed by atoms with van der Waals surface area (Å²) >= 11 is 0. The summed E-state index contributed by atoms with van der Waals surface area (Å²) < 4.78 is 19.3. The first kappa shape index (κ1) is 24.6. The highest BCUT2D eigenvalue weighted by Gasteiger charge is 2.27. The molecule has 0 saturated carbocycles. The zero-order valence-electron chi connectivity index (χ0n) is 20.7. The molecular weight excluding hydrogens is 444 g/mol. The summed E-state index contributed by atoms with van der Waals surface area (Å²) in [6.45, 7) is 6.24. The number of nitrogens with zero attached hydrogens (tertiary/aromatic N) is 3. The number of methoxy groups -OCH3 is 1. The van der Waals surface area contributed by atoms with Gasteiger partial charge in [0.05, 0.1) is 36.7 Å². The van der Waals surface area contributed by atoms with E-state index >= 15 is 0 Å². The molecule has 8 nitrogen and oxygen atoms in total. The third kappa shape index (κ3) is 6.14. The number of amides is 2. The number of carbonyl (C=O) groups excluding carboxylic acids is 1. The summed E-state index contributed by atoms with van der Waals surface area (Å²) in [7, 11) is 1.63. The lowest BCUT2D eigenvalue weighted by Gasteiger charge is -2.26. The number of benzene rings is 2. The number of ether oxygens (including phenoxy) is 3. The minimum Gasteiger partial charge on any atom is -0.497 e. The van der Waals surface area contributed by atoms with Gasteiger partial charge in [-0.3, -0.25) is 0 Å². The van der Waals surface area contributed by atoms with Gasteiger partial charge in [0.15, 0.2) is 0 Å². The van der Waals surface area contributed by atoms with Crippen molar-refractivity contribution in [2.75, 3.05) is 26.8 Å². The second-order valence-corrected chi connectivity index (χ2v) is 8.64. The SMILES string of the molecule is CCCNC(=O)N(Cc1c(C)nn(-c2ccccc2)c1Oc1ccc(OC)cc1)CC1CCCO1. The molecule has 1 fully saturated rings. The third-order valence-electron chi connectivity index (χ3n) is 6.02. The van der Waals surface area contributed by atoms with Gasteiger partial charge >= 0.3 is 6.03 Å². The maximum atomic E-state index is 13.1. The van der Waals surface area contributed by atoms with E-state index in [2.05, 4.69) is 5.32 Å². The molecule has 0 bridgehead atoms. The van der Waals surface area contributed by atoms with Crippen molar-refractivity contribution in [2.24, 2.45) is 0 Å². The molecule has 1 unspecified atom stereocenters. The van der Waals surface area contributed by atoms with Crippen LogP contribution in [0.3, 0.4) is 0 Å². The van der Waals surface area contributed by atoms with Crippen LogP contribution in [-0.2, 0) is 11.3 Å². The Morgan fingerprint density at radius 2 is 1.91 bits per heavy atom. The minimum atomic E-state index is -0.107. The quantitative estimate of drug-likeness (QED) is 0.440. The highest BCUT2D eigenvalue weighted by atomic mass is 16.5. The fourth-order valence-electron chi connectivity index (χ4n) is 4.11. The van der Waals surface area contributed by atoms with E-state index in [1.807, 2.05) is 73.3 Å². The molecule has 8 heteroatoms. The van der Waals surface area contributed by atoms with Crippen molar-refractivity contribution in [3.8, 4) is 23.1 Å². The molecule has 35 heavy (non-hydrogen) atoms. The van der Waals surface area contributed by atoms with Crippen LogP contribution >= 0.6 is 0 Å². The van der Waals surface area contributed by atoms with Crippen LogP contribution in [-0.4, -0.2) is 53.6 Å². The molecule has 1 saturated heterocycles. The lowest BCUT2D eigenvalue weighted by Crippen LogP contribution is -2.43. The van der Waals surface area contributed by atoms with Gasteiger partial charge < -0.3 is 24.4 Å². The molecule has 4 rings (SSSR count). The van der Waals surface area contributed by atoms with Crippen molar-refractivity contribution < 1.29 is 19.0 Å². The largest absolute Gasteiger partial charge is 0.497 e. The smallest absolute Gasteiger partial charge is 0.317 e. The Morgan fingerprint density at radius 1 is 1.17 bits per heavy atom. The Labute approximate surface area is 206 Å². The second kappa shape index (κ2) is 11.8. The first-order chi connectivity index (χ1) is 17.1. The molecule has 186 valence electrons. The number of para-hydroxylation sites is 1. The normalized spacial score (nSPS) is 15.1. The number of urea groups is 1. The third-order valence-corrected chi connectivity index (χ3v) is 6.02. The fraction of sp³-hybridized carbons (Fsp3) is 0.407. The van der Waals surface area contributed by atoms with E-state index < -0.39 is 0 Å². The van der Waals surface area contributed by atoms with Gasteiger partial charge in [0.2, 0.25) is 5.88 Å². The molecular formula is C27H34N4O4. The number of carbonyl (C=O) groups is 1. The number of aromatic nitrogens is 2. The molecule has 3 aromatic rings. The second-order valence-electron chi connectivity index (χ2n) is 8.64. The van der Waals surface area contributed by atoms with Crippen LogP contribution in [0.4, 0.5) is 4.79 Å². The van der Waals surface area contributed by atoms with Crippen molar-refractivity contribution in [2.45, 2.75) is 45.8 Å². The molecule has 1 aliphatic heterocycles. The highest BCUT2D eigenvalue weighted by Crippen LogP contribution is 2.32. The van der Waals surface area contributed by atoms with Gasteiger partial charge in [0.1, 0.15) is 11.5 Å². The van der Waals surface area contributed by atoms with E-state index in [-0.39, 0.29) is 12.1 Å². The Balaban J connectivity index is 1.69. The Bertz CT molecular complexity index is 1090. The van der Waals surface area contributed by atoms with Crippen LogP contribution in [0.1, 0.15) is 37.4 Å². The maximum Gasteiger partial charge on any atom is 0.317 e. The van der Waals surface area contributed by atoms with E-state index in [0.29, 0.717) is 31.3 Å². The Hall–Kier alpha value is -3.52. The van der Waals surface area contributed by atoms with Gasteiger partial charge in [0, 0.05) is 19.7 Å². The number of hydrogen-bond acceptors (Lipinski definition) is 5. The van der Waals surface area contributed by atoms with Gasteiger partial charge in [-0.15, -0.1) is 0 Å². The molecule has 1 N–H and O–H groups in total. The summed E-state index contributed by atoms with van der Waals surface area (Å²) in [6, 6.07) is 17.2. The summed E-state index contributed by atoms with van der Waals surface area (Å²) in [6.07, 6.45) is 2.88. The van der Waals surface area contributed by atoms with Crippen molar-refractivity contribution in [1.29, 1.82) is 0 Å². The van der Waals surface area contributed by atoms with E-state index in [0.717, 1.165) is 48.6 Å². The molecule has 1 atom stereocenters. The number of rotatable bonds is 10. The van der Waals surface area contributed by atoms with Crippen LogP contribution < -0.4 is 14.8 Å². The van der Waals surface area contributed by atoms with Gasteiger partial charge in [0.25, 0.3) is 0 Å². The lowest BCUT2D eigenvalue weighted by atomic mass is 10.2. The standard InChI is InChI=1S/C27H34N4O4/c1-4-16-28-27(32)30(18-24-11-8-17-34-24)19-25-20(2)29-31(21-9-6-5-7-10-21)26(25)35-23-14-12-22(33-3)13-15-23/h5-7,9-10,12-15,24H,4,8,11,16-19H2,1-3H3,(H,28,32). The Kier molecular flexibility index (Phi) is 8.26. The topological polar surface area (TPSA) is 77.9 Å². The lowest BCUT2D eigenvalue weighted by molar-refractivity contribution is 0.0793. The van der Waals surface area contributed by atoms with Gasteiger partial charge in [-0.05, 0) is 62.6 Å². The highest BCUT2D eigenvalue weighted by molar-refractivity contribution is 5.74. The predicted octanol–water partition coefficient (Wildman–Crippen LogP) is 5.08. The average molecular weight is 479 g/mol. The van der Waals surface area contributed by atoms with Crippen LogP contribution in [0.5, 0.6) is 17.4 Å². The van der Waals surface area contributed by atoms with Crippen molar-refractivity contribution in [3.63, 3.8) is 0 Å². The summed E-state index contributed by atoms with van der Waals surface area (Å²) in [5.74, 6) is 1.99. The first-order valence-electron chi connectivity index (χ1n) is 12.2. The molecule has 2 aromatic carbocycles. The van der Waals surface area contributed by atoms with Gasteiger partial charge in [-0.25, -0.2) is 9.48 Å². The number of nitrogens with one attached hydrogen (secondary N) is 1. The number of aryl methyl sites for hydroxylation is 1. The van der Waals surface area contributed by atoms with Gasteiger partial charge in [-0.1, -0.05) is 25.1 Å². The zero-order valence-corrected chi connectivity index (χ0v) is 20.7. The van der Waals surface area contributed by atoms with Crippen LogP contribution in [0.25, 0.3) is 5.69 Å². The van der Waals surface area contributed by atoms with E-state index in [1.165, 1.54) is 0 Å². The van der Waals surface area contributed by atoms with Crippen molar-refractivity contribution in [3.05, 3.63) is 65.9 Å². The van der Waals surface area contributed by atoms with E-state index in [1.54, 1.807) is 11.8 Å². The first-order valence-corrected chi connectivity index (χ1v) is 12.2. The van der Waals surface area contributed by atoms with Crippen molar-refractivity contribution in [1.82, 2.24) is 20.0 Å². The van der Waals surface area contributed by atoms with E-state index in [4.69, 9.17) is 19.3 Å².